The summed E-state index contributed by atoms with van der Waals surface area (Å²) in [6.45, 7) is 4.93. The Kier molecular flexibility index (Phi) is 5.01. The lowest BCUT2D eigenvalue weighted by Crippen LogP contribution is -2.61. The van der Waals surface area contributed by atoms with Gasteiger partial charge in [0.25, 0.3) is 0 Å². The molecule has 0 bridgehead atoms. The number of likely N-dealkylation sites (tertiary alicyclic amines) is 1. The van der Waals surface area contributed by atoms with E-state index in [1.54, 1.807) is 7.11 Å². The average molecular weight is 215 g/mol. The summed E-state index contributed by atoms with van der Waals surface area (Å²) in [4.78, 5) is 13.7. The van der Waals surface area contributed by atoms with Crippen LogP contribution < -0.4 is 11.1 Å². The first-order chi connectivity index (χ1) is 7.15. The monoisotopic (exact) mass is 215 g/mol. The second kappa shape index (κ2) is 6.05. The molecule has 5 heteroatoms. The Labute approximate surface area is 90.9 Å². The first-order valence-electron chi connectivity index (χ1n) is 5.41. The van der Waals surface area contributed by atoms with Crippen LogP contribution >= 0.6 is 0 Å². The minimum atomic E-state index is -0.0626. The highest BCUT2D eigenvalue weighted by atomic mass is 16.5. The van der Waals surface area contributed by atoms with Gasteiger partial charge < -0.3 is 15.8 Å². The van der Waals surface area contributed by atoms with Gasteiger partial charge in [0.1, 0.15) is 0 Å². The van der Waals surface area contributed by atoms with Crippen molar-refractivity contribution >= 4 is 5.91 Å². The number of ether oxygens (including phenoxy) is 1. The first-order valence-corrected chi connectivity index (χ1v) is 5.41. The van der Waals surface area contributed by atoms with E-state index in [0.29, 0.717) is 13.2 Å². The SMILES string of the molecule is COCCCNC(=O)C(C)N1CC(N)C1. The quantitative estimate of drug-likeness (QED) is 0.568. The number of nitrogens with one attached hydrogen (secondary N) is 1. The fraction of sp³-hybridized carbons (Fsp3) is 0.900. The van der Waals surface area contributed by atoms with Crippen LogP contribution in [0.15, 0.2) is 0 Å². The summed E-state index contributed by atoms with van der Waals surface area (Å²) in [6, 6.07) is 0.182. The predicted octanol–water partition coefficient (Wildman–Crippen LogP) is -0.829. The van der Waals surface area contributed by atoms with Crippen LogP contribution in [0.4, 0.5) is 0 Å². The Morgan fingerprint density at radius 1 is 1.67 bits per heavy atom. The highest BCUT2D eigenvalue weighted by Crippen LogP contribution is 2.09. The topological polar surface area (TPSA) is 67.6 Å². The molecular formula is C10H21N3O2. The Balaban J connectivity index is 2.10. The fourth-order valence-corrected chi connectivity index (χ4v) is 1.61. The van der Waals surface area contributed by atoms with E-state index in [1.165, 1.54) is 0 Å². The van der Waals surface area contributed by atoms with Crippen LogP contribution in [0.3, 0.4) is 0 Å². The molecule has 1 aliphatic rings. The molecule has 88 valence electrons. The normalized spacial score (nSPS) is 19.7. The van der Waals surface area contributed by atoms with Crippen molar-refractivity contribution in [3.05, 3.63) is 0 Å². The number of nitrogens with zero attached hydrogens (tertiary/aromatic N) is 1. The Bertz CT molecular complexity index is 205. The number of methoxy groups -OCH3 is 1. The van der Waals surface area contributed by atoms with Crippen molar-refractivity contribution < 1.29 is 9.53 Å². The van der Waals surface area contributed by atoms with Crippen molar-refractivity contribution in [2.45, 2.75) is 25.4 Å². The number of carbonyl (C=O) groups is 1. The summed E-state index contributed by atoms with van der Waals surface area (Å²) in [5, 5.41) is 2.88. The van der Waals surface area contributed by atoms with Gasteiger partial charge in [0.05, 0.1) is 6.04 Å². The highest BCUT2D eigenvalue weighted by Gasteiger charge is 2.30. The lowest BCUT2D eigenvalue weighted by atomic mass is 10.1. The van der Waals surface area contributed by atoms with Gasteiger partial charge in [0.2, 0.25) is 5.91 Å². The summed E-state index contributed by atoms with van der Waals surface area (Å²) >= 11 is 0. The van der Waals surface area contributed by atoms with E-state index in [2.05, 4.69) is 10.2 Å². The maximum Gasteiger partial charge on any atom is 0.237 e. The van der Waals surface area contributed by atoms with Crippen molar-refractivity contribution in [3.63, 3.8) is 0 Å². The molecule has 1 atom stereocenters. The van der Waals surface area contributed by atoms with Gasteiger partial charge in [0.15, 0.2) is 0 Å². The molecule has 0 aromatic rings. The molecule has 1 unspecified atom stereocenters. The van der Waals surface area contributed by atoms with Crippen molar-refractivity contribution in [2.75, 3.05) is 33.4 Å². The van der Waals surface area contributed by atoms with E-state index < -0.39 is 0 Å². The number of carbonyl (C=O) groups excluding carboxylic acids is 1. The smallest absolute Gasteiger partial charge is 0.237 e. The van der Waals surface area contributed by atoms with E-state index in [0.717, 1.165) is 19.5 Å². The lowest BCUT2D eigenvalue weighted by molar-refractivity contribution is -0.127. The third-order valence-corrected chi connectivity index (χ3v) is 2.69. The van der Waals surface area contributed by atoms with Crippen LogP contribution in [0.2, 0.25) is 0 Å². The van der Waals surface area contributed by atoms with Crippen molar-refractivity contribution in [1.29, 1.82) is 0 Å². The van der Waals surface area contributed by atoms with Crippen molar-refractivity contribution in [1.82, 2.24) is 10.2 Å². The van der Waals surface area contributed by atoms with Gasteiger partial charge in [-0.2, -0.15) is 0 Å². The summed E-state index contributed by atoms with van der Waals surface area (Å²) in [5.41, 5.74) is 5.66. The highest BCUT2D eigenvalue weighted by molar-refractivity contribution is 5.81. The molecular weight excluding hydrogens is 194 g/mol. The number of rotatable bonds is 6. The molecule has 1 saturated heterocycles. The third kappa shape index (κ3) is 3.77. The summed E-state index contributed by atoms with van der Waals surface area (Å²) < 4.78 is 4.90. The molecule has 0 radical (unpaired) electrons. The number of hydrogen-bond acceptors (Lipinski definition) is 4. The number of amides is 1. The predicted molar refractivity (Wildman–Crippen MR) is 58.5 cm³/mol. The molecule has 0 saturated carbocycles. The van der Waals surface area contributed by atoms with Gasteiger partial charge in [0, 0.05) is 39.4 Å². The number of hydrogen-bond donors (Lipinski definition) is 2. The summed E-state index contributed by atoms with van der Waals surface area (Å²) in [6.07, 6.45) is 0.856. The molecule has 0 aromatic carbocycles. The van der Waals surface area contributed by atoms with Crippen LogP contribution in [-0.2, 0) is 9.53 Å². The van der Waals surface area contributed by atoms with E-state index >= 15 is 0 Å². The Hall–Kier alpha value is -0.650. The fourth-order valence-electron chi connectivity index (χ4n) is 1.61. The maximum absolute atomic E-state index is 11.6. The Morgan fingerprint density at radius 3 is 2.87 bits per heavy atom. The van der Waals surface area contributed by atoms with E-state index in [1.807, 2.05) is 6.92 Å². The van der Waals surface area contributed by atoms with Crippen molar-refractivity contribution in [2.24, 2.45) is 5.73 Å². The molecule has 0 spiro atoms. The maximum atomic E-state index is 11.6. The van der Waals surface area contributed by atoms with Crippen molar-refractivity contribution in [3.8, 4) is 0 Å². The van der Waals surface area contributed by atoms with E-state index in [-0.39, 0.29) is 18.0 Å². The zero-order valence-corrected chi connectivity index (χ0v) is 9.53. The molecule has 1 fully saturated rings. The van der Waals surface area contributed by atoms with Crippen LogP contribution in [-0.4, -0.2) is 56.2 Å². The molecule has 1 rings (SSSR count). The van der Waals surface area contributed by atoms with E-state index in [9.17, 15) is 4.79 Å². The first kappa shape index (κ1) is 12.4. The minimum Gasteiger partial charge on any atom is -0.385 e. The van der Waals surface area contributed by atoms with Gasteiger partial charge in [-0.25, -0.2) is 0 Å². The molecule has 1 aliphatic heterocycles. The van der Waals surface area contributed by atoms with Gasteiger partial charge >= 0.3 is 0 Å². The Morgan fingerprint density at radius 2 is 2.33 bits per heavy atom. The van der Waals surface area contributed by atoms with Crippen LogP contribution in [0, 0.1) is 0 Å². The molecule has 0 aromatic heterocycles. The largest absolute Gasteiger partial charge is 0.385 e. The third-order valence-electron chi connectivity index (χ3n) is 2.69. The zero-order chi connectivity index (χ0) is 11.3. The van der Waals surface area contributed by atoms with Crippen LogP contribution in [0.25, 0.3) is 0 Å². The summed E-state index contributed by atoms with van der Waals surface area (Å²) in [5.74, 6) is 0.0815. The molecule has 0 aliphatic carbocycles. The van der Waals surface area contributed by atoms with Crippen LogP contribution in [0.1, 0.15) is 13.3 Å². The second-order valence-electron chi connectivity index (χ2n) is 4.03. The second-order valence-corrected chi connectivity index (χ2v) is 4.03. The van der Waals surface area contributed by atoms with E-state index in [4.69, 9.17) is 10.5 Å². The van der Waals surface area contributed by atoms with Crippen LogP contribution in [0.5, 0.6) is 0 Å². The summed E-state index contributed by atoms with van der Waals surface area (Å²) in [7, 11) is 1.66. The molecule has 1 heterocycles. The number of nitrogens with two attached hydrogens (primary N) is 1. The molecule has 5 nitrogen and oxygen atoms in total. The van der Waals surface area contributed by atoms with Gasteiger partial charge in [-0.15, -0.1) is 0 Å². The average Bonchev–Trinajstić information content (AvgIpc) is 2.18. The van der Waals surface area contributed by atoms with Gasteiger partial charge in [-0.1, -0.05) is 0 Å². The molecule has 15 heavy (non-hydrogen) atoms. The zero-order valence-electron chi connectivity index (χ0n) is 9.53. The van der Waals surface area contributed by atoms with Gasteiger partial charge in [-0.3, -0.25) is 9.69 Å². The minimum absolute atomic E-state index is 0.0626. The molecule has 1 amide bonds. The lowest BCUT2D eigenvalue weighted by Gasteiger charge is -2.40. The molecule has 3 N–H and O–H groups in total. The van der Waals surface area contributed by atoms with Gasteiger partial charge in [-0.05, 0) is 13.3 Å². The standard InChI is InChI=1S/C10H21N3O2/c1-8(13-6-9(11)7-13)10(14)12-4-3-5-15-2/h8-9H,3-7,11H2,1-2H3,(H,12,14).